The molecule has 0 amide bonds. The lowest BCUT2D eigenvalue weighted by atomic mass is 9.79. The molecule has 0 N–H and O–H groups in total. The summed E-state index contributed by atoms with van der Waals surface area (Å²) in [6.07, 6.45) is 8.15. The number of hydrogen-bond acceptors (Lipinski definition) is 2. The van der Waals surface area contributed by atoms with Crippen molar-refractivity contribution in [1.82, 2.24) is 4.90 Å². The summed E-state index contributed by atoms with van der Waals surface area (Å²) in [5, 5.41) is 2.18. The van der Waals surface area contributed by atoms with E-state index in [1.165, 1.54) is 17.7 Å². The van der Waals surface area contributed by atoms with Crippen LogP contribution < -0.4 is 0 Å². The molecule has 1 nitrogen and oxygen atoms in total. The Bertz CT molecular complexity index is 271. The van der Waals surface area contributed by atoms with Crippen molar-refractivity contribution in [3.8, 4) is 0 Å². The first-order chi connectivity index (χ1) is 6.76. The van der Waals surface area contributed by atoms with Crippen LogP contribution in [0.2, 0.25) is 0 Å². The zero-order chi connectivity index (χ0) is 10.0. The highest BCUT2D eigenvalue weighted by Crippen LogP contribution is 2.42. The van der Waals surface area contributed by atoms with E-state index in [-0.39, 0.29) is 0 Å². The Balaban J connectivity index is 2.30. The van der Waals surface area contributed by atoms with Gasteiger partial charge in [-0.15, -0.1) is 11.3 Å². The number of thiophene rings is 1. The predicted molar refractivity (Wildman–Crippen MR) is 61.4 cm³/mol. The molecule has 0 aliphatic heterocycles. The van der Waals surface area contributed by atoms with Gasteiger partial charge in [-0.3, -0.25) is 4.90 Å². The standard InChI is InChI=1S/C12H17NS/c1-13(2)12(8-4-3-5-9-12)11-7-6-10-14-11/h6-7,10H,4-5,8-9H2,1-2H3. The van der Waals surface area contributed by atoms with Crippen LogP contribution in [-0.2, 0) is 5.54 Å². The first-order valence-corrected chi connectivity index (χ1v) is 6.06. The Morgan fingerprint density at radius 2 is 2.07 bits per heavy atom. The number of nitrogens with zero attached hydrogens (tertiary/aromatic N) is 1. The molecule has 14 heavy (non-hydrogen) atoms. The van der Waals surface area contributed by atoms with E-state index in [1.54, 1.807) is 0 Å². The van der Waals surface area contributed by atoms with Crippen LogP contribution in [-0.4, -0.2) is 19.0 Å². The van der Waals surface area contributed by atoms with Gasteiger partial charge in [0.2, 0.25) is 0 Å². The van der Waals surface area contributed by atoms with Crippen LogP contribution >= 0.6 is 11.3 Å². The molecule has 0 bridgehead atoms. The van der Waals surface area contributed by atoms with Gasteiger partial charge in [-0.25, -0.2) is 0 Å². The van der Waals surface area contributed by atoms with Gasteiger partial charge in [-0.1, -0.05) is 6.07 Å². The average Bonchev–Trinajstić information content (AvgIpc) is 2.72. The molecular weight excluding hydrogens is 190 g/mol. The Morgan fingerprint density at radius 3 is 2.57 bits per heavy atom. The Morgan fingerprint density at radius 1 is 1.36 bits per heavy atom. The molecule has 1 saturated carbocycles. The summed E-state index contributed by atoms with van der Waals surface area (Å²) in [4.78, 5) is 3.91. The molecule has 0 saturated heterocycles. The van der Waals surface area contributed by atoms with Crippen LogP contribution in [0.25, 0.3) is 0 Å². The topological polar surface area (TPSA) is 3.24 Å². The van der Waals surface area contributed by atoms with E-state index >= 15 is 0 Å². The van der Waals surface area contributed by atoms with Crippen molar-refractivity contribution >= 4 is 11.3 Å². The van der Waals surface area contributed by atoms with E-state index in [9.17, 15) is 0 Å². The van der Waals surface area contributed by atoms with Crippen LogP contribution in [0.15, 0.2) is 17.5 Å². The molecule has 1 heterocycles. The zero-order valence-corrected chi connectivity index (χ0v) is 9.73. The minimum Gasteiger partial charge on any atom is -0.299 e. The van der Waals surface area contributed by atoms with Crippen LogP contribution in [0.5, 0.6) is 0 Å². The third-order valence-electron chi connectivity index (χ3n) is 3.27. The second kappa shape index (κ2) is 4.03. The third-order valence-corrected chi connectivity index (χ3v) is 4.33. The maximum Gasteiger partial charge on any atom is 0.0549 e. The van der Waals surface area contributed by atoms with Gasteiger partial charge >= 0.3 is 0 Å². The van der Waals surface area contributed by atoms with E-state index in [0.717, 1.165) is 12.8 Å². The molecule has 1 aliphatic rings. The Kier molecular flexibility index (Phi) is 2.93. The summed E-state index contributed by atoms with van der Waals surface area (Å²) in [6.45, 7) is 0. The van der Waals surface area contributed by atoms with Crippen LogP contribution in [0.3, 0.4) is 0 Å². The van der Waals surface area contributed by atoms with Gasteiger partial charge in [0.05, 0.1) is 5.54 Å². The van der Waals surface area contributed by atoms with Crippen molar-refractivity contribution in [2.45, 2.75) is 31.2 Å². The molecule has 2 rings (SSSR count). The lowest BCUT2D eigenvalue weighted by molar-refractivity contribution is 0.116. The van der Waals surface area contributed by atoms with Gasteiger partial charge in [0.15, 0.2) is 0 Å². The molecule has 1 aromatic heterocycles. The van der Waals surface area contributed by atoms with Crippen molar-refractivity contribution in [1.29, 1.82) is 0 Å². The first-order valence-electron chi connectivity index (χ1n) is 5.18. The van der Waals surface area contributed by atoms with Crippen molar-refractivity contribution in [2.24, 2.45) is 0 Å². The molecule has 0 unspecified atom stereocenters. The fraction of sp³-hybridized carbons (Fsp3) is 0.583. The molecule has 2 radical (unpaired) electrons. The van der Waals surface area contributed by atoms with Gasteiger partial charge < -0.3 is 0 Å². The molecule has 76 valence electrons. The minimum atomic E-state index is 0.291. The summed E-state index contributed by atoms with van der Waals surface area (Å²) in [6, 6.07) is 4.43. The first kappa shape index (κ1) is 10.2. The van der Waals surface area contributed by atoms with Crippen LogP contribution in [0.4, 0.5) is 0 Å². The molecule has 1 aromatic rings. The molecule has 1 aliphatic carbocycles. The zero-order valence-electron chi connectivity index (χ0n) is 8.92. The molecule has 0 aromatic carbocycles. The van der Waals surface area contributed by atoms with Crippen LogP contribution in [0.1, 0.15) is 30.6 Å². The highest BCUT2D eigenvalue weighted by Gasteiger charge is 2.36. The number of rotatable bonds is 2. The maximum atomic E-state index is 3.43. The van der Waals surface area contributed by atoms with Gasteiger partial charge in [-0.05, 0) is 57.6 Å². The maximum absolute atomic E-state index is 3.43. The fourth-order valence-corrected chi connectivity index (χ4v) is 3.36. The SMILES string of the molecule is CN(C)C1(c2cccs2)CC[C]CC1. The highest BCUT2D eigenvalue weighted by atomic mass is 32.1. The Hall–Kier alpha value is -0.340. The van der Waals surface area contributed by atoms with Crippen molar-refractivity contribution in [2.75, 3.05) is 14.1 Å². The van der Waals surface area contributed by atoms with E-state index < -0.39 is 0 Å². The second-order valence-electron chi connectivity index (χ2n) is 4.15. The van der Waals surface area contributed by atoms with E-state index in [2.05, 4.69) is 42.9 Å². The summed E-state index contributed by atoms with van der Waals surface area (Å²) in [5.74, 6) is 0. The normalized spacial score (nSPS) is 21.4. The molecule has 0 spiro atoms. The van der Waals surface area contributed by atoms with Crippen molar-refractivity contribution in [3.63, 3.8) is 0 Å². The van der Waals surface area contributed by atoms with Crippen molar-refractivity contribution < 1.29 is 0 Å². The summed E-state index contributed by atoms with van der Waals surface area (Å²) >= 11 is 1.89. The van der Waals surface area contributed by atoms with Gasteiger partial charge in [-0.2, -0.15) is 0 Å². The largest absolute Gasteiger partial charge is 0.299 e. The highest BCUT2D eigenvalue weighted by molar-refractivity contribution is 7.10. The molecular formula is C12H17NS. The Labute approximate surface area is 90.7 Å². The lowest BCUT2D eigenvalue weighted by Crippen LogP contribution is -2.42. The third kappa shape index (κ3) is 1.61. The monoisotopic (exact) mass is 207 g/mol. The lowest BCUT2D eigenvalue weighted by Gasteiger charge is -2.42. The average molecular weight is 207 g/mol. The van der Waals surface area contributed by atoms with Gasteiger partial charge in [0.25, 0.3) is 0 Å². The molecule has 2 heteroatoms. The summed E-state index contributed by atoms with van der Waals surface area (Å²) in [5.41, 5.74) is 0.291. The molecule has 0 atom stereocenters. The summed E-state index contributed by atoms with van der Waals surface area (Å²) < 4.78 is 0. The van der Waals surface area contributed by atoms with Crippen LogP contribution in [0, 0.1) is 6.42 Å². The predicted octanol–water partition coefficient (Wildman–Crippen LogP) is 3.16. The minimum absolute atomic E-state index is 0.291. The van der Waals surface area contributed by atoms with E-state index in [0.29, 0.717) is 5.54 Å². The number of hydrogen-bond donors (Lipinski definition) is 0. The van der Waals surface area contributed by atoms with E-state index in [4.69, 9.17) is 0 Å². The molecule has 1 fully saturated rings. The second-order valence-corrected chi connectivity index (χ2v) is 5.10. The van der Waals surface area contributed by atoms with Gasteiger partial charge in [0, 0.05) is 4.88 Å². The van der Waals surface area contributed by atoms with E-state index in [1.807, 2.05) is 11.3 Å². The summed E-state index contributed by atoms with van der Waals surface area (Å²) in [7, 11) is 4.40. The van der Waals surface area contributed by atoms with Gasteiger partial charge in [0.1, 0.15) is 0 Å². The fourth-order valence-electron chi connectivity index (χ4n) is 2.30. The smallest absolute Gasteiger partial charge is 0.0549 e. The van der Waals surface area contributed by atoms with Crippen molar-refractivity contribution in [3.05, 3.63) is 28.8 Å². The quantitative estimate of drug-likeness (QED) is 0.720.